The van der Waals surface area contributed by atoms with Gasteiger partial charge >= 0.3 is 0 Å². The molecule has 0 aliphatic rings. The van der Waals surface area contributed by atoms with Gasteiger partial charge in [-0.05, 0) is 30.7 Å². The Kier molecular flexibility index (Phi) is 5.54. The number of aromatic nitrogens is 1. The Morgan fingerprint density at radius 3 is 2.25 bits per heavy atom. The van der Waals surface area contributed by atoms with Crippen molar-refractivity contribution >= 4 is 16.8 Å². The van der Waals surface area contributed by atoms with Gasteiger partial charge in [0.05, 0.1) is 32.9 Å². The Hall–Kier alpha value is -3.48. The molecule has 7 nitrogen and oxygen atoms in total. The van der Waals surface area contributed by atoms with E-state index in [4.69, 9.17) is 14.2 Å². The SMILES string of the molecule is COc1cc([C@@H](C)NC(=O)c2cc(=O)[nH]c3ccccc23)cc(OC)c1OC. The van der Waals surface area contributed by atoms with Crippen molar-refractivity contribution in [2.75, 3.05) is 21.3 Å². The second kappa shape index (κ2) is 8.04. The highest BCUT2D eigenvalue weighted by Crippen LogP contribution is 2.39. The van der Waals surface area contributed by atoms with E-state index in [1.807, 2.05) is 13.0 Å². The first-order chi connectivity index (χ1) is 13.5. The fourth-order valence-corrected chi connectivity index (χ4v) is 3.10. The number of carbonyl (C=O) groups excluding carboxylic acids is 1. The minimum absolute atomic E-state index is 0.318. The summed E-state index contributed by atoms with van der Waals surface area (Å²) in [6.07, 6.45) is 0. The molecule has 28 heavy (non-hydrogen) atoms. The van der Waals surface area contributed by atoms with Crippen LogP contribution in [0.15, 0.2) is 47.3 Å². The lowest BCUT2D eigenvalue weighted by atomic mass is 10.0. The minimum atomic E-state index is -0.362. The van der Waals surface area contributed by atoms with Gasteiger partial charge in [0.1, 0.15) is 0 Å². The van der Waals surface area contributed by atoms with Gasteiger partial charge in [0.15, 0.2) is 11.5 Å². The molecule has 7 heteroatoms. The van der Waals surface area contributed by atoms with Gasteiger partial charge < -0.3 is 24.5 Å². The van der Waals surface area contributed by atoms with E-state index in [0.29, 0.717) is 33.7 Å². The van der Waals surface area contributed by atoms with Crippen LogP contribution in [0.25, 0.3) is 10.9 Å². The molecule has 1 aromatic heterocycles. The number of hydrogen-bond donors (Lipinski definition) is 2. The monoisotopic (exact) mass is 382 g/mol. The second-order valence-corrected chi connectivity index (χ2v) is 6.25. The van der Waals surface area contributed by atoms with Crippen LogP contribution in [-0.2, 0) is 0 Å². The first-order valence-corrected chi connectivity index (χ1v) is 8.71. The number of nitrogens with one attached hydrogen (secondary N) is 2. The lowest BCUT2D eigenvalue weighted by Gasteiger charge is -2.19. The molecule has 3 rings (SSSR count). The van der Waals surface area contributed by atoms with Crippen molar-refractivity contribution in [3.05, 3.63) is 63.9 Å². The average Bonchev–Trinajstić information content (AvgIpc) is 2.71. The fourth-order valence-electron chi connectivity index (χ4n) is 3.10. The number of carbonyl (C=O) groups is 1. The largest absolute Gasteiger partial charge is 0.493 e. The van der Waals surface area contributed by atoms with E-state index in [0.717, 1.165) is 5.56 Å². The number of H-pyrrole nitrogens is 1. The summed E-state index contributed by atoms with van der Waals surface area (Å²) in [6.45, 7) is 1.84. The average molecular weight is 382 g/mol. The van der Waals surface area contributed by atoms with Crippen LogP contribution in [0.5, 0.6) is 17.2 Å². The third-order valence-electron chi connectivity index (χ3n) is 4.53. The summed E-state index contributed by atoms with van der Waals surface area (Å²) in [7, 11) is 4.60. The Balaban J connectivity index is 1.95. The first kappa shape index (κ1) is 19.3. The number of methoxy groups -OCH3 is 3. The summed E-state index contributed by atoms with van der Waals surface area (Å²) in [5.74, 6) is 1.13. The number of rotatable bonds is 6. The van der Waals surface area contributed by atoms with Crippen molar-refractivity contribution in [2.24, 2.45) is 0 Å². The molecule has 0 radical (unpaired) electrons. The van der Waals surface area contributed by atoms with Gasteiger partial charge in [0.2, 0.25) is 11.3 Å². The van der Waals surface area contributed by atoms with Crippen molar-refractivity contribution in [3.8, 4) is 17.2 Å². The van der Waals surface area contributed by atoms with Crippen molar-refractivity contribution in [1.29, 1.82) is 0 Å². The summed E-state index contributed by atoms with van der Waals surface area (Å²) in [4.78, 5) is 27.5. The molecular formula is C21H22N2O5. The molecule has 1 heterocycles. The summed E-state index contributed by atoms with van der Waals surface area (Å²) in [5, 5.41) is 3.61. The van der Waals surface area contributed by atoms with Gasteiger partial charge in [-0.15, -0.1) is 0 Å². The van der Waals surface area contributed by atoms with Crippen LogP contribution in [0.2, 0.25) is 0 Å². The van der Waals surface area contributed by atoms with Crippen molar-refractivity contribution < 1.29 is 19.0 Å². The number of benzene rings is 2. The molecule has 1 atom stereocenters. The molecule has 0 aliphatic heterocycles. The highest BCUT2D eigenvalue weighted by molar-refractivity contribution is 6.06. The molecule has 0 saturated heterocycles. The van der Waals surface area contributed by atoms with Crippen molar-refractivity contribution in [3.63, 3.8) is 0 Å². The zero-order valence-corrected chi connectivity index (χ0v) is 16.2. The number of para-hydroxylation sites is 1. The van der Waals surface area contributed by atoms with Crippen LogP contribution in [0, 0.1) is 0 Å². The lowest BCUT2D eigenvalue weighted by molar-refractivity contribution is 0.0941. The molecule has 0 bridgehead atoms. The molecule has 0 unspecified atom stereocenters. The van der Waals surface area contributed by atoms with E-state index in [1.165, 1.54) is 27.4 Å². The van der Waals surface area contributed by atoms with E-state index < -0.39 is 0 Å². The van der Waals surface area contributed by atoms with Crippen LogP contribution in [0.3, 0.4) is 0 Å². The predicted molar refractivity (Wildman–Crippen MR) is 107 cm³/mol. The third kappa shape index (κ3) is 3.64. The topological polar surface area (TPSA) is 89.7 Å². The summed E-state index contributed by atoms with van der Waals surface area (Å²) >= 11 is 0. The lowest BCUT2D eigenvalue weighted by Crippen LogP contribution is -2.28. The first-order valence-electron chi connectivity index (χ1n) is 8.71. The molecule has 0 fully saturated rings. The predicted octanol–water partition coefficient (Wildman–Crippen LogP) is 3.04. The highest BCUT2D eigenvalue weighted by atomic mass is 16.5. The smallest absolute Gasteiger partial charge is 0.252 e. The molecule has 0 aliphatic carbocycles. The number of aromatic amines is 1. The molecule has 2 aromatic carbocycles. The Morgan fingerprint density at radius 2 is 1.64 bits per heavy atom. The molecular weight excluding hydrogens is 360 g/mol. The summed E-state index contributed by atoms with van der Waals surface area (Å²) < 4.78 is 16.1. The van der Waals surface area contributed by atoms with Gasteiger partial charge in [-0.2, -0.15) is 0 Å². The maximum absolute atomic E-state index is 12.9. The van der Waals surface area contributed by atoms with Gasteiger partial charge in [0.25, 0.3) is 5.91 Å². The number of ether oxygens (including phenoxy) is 3. The number of pyridine rings is 1. The second-order valence-electron chi connectivity index (χ2n) is 6.25. The molecule has 2 N–H and O–H groups in total. The summed E-state index contributed by atoms with van der Waals surface area (Å²) in [5.41, 5.74) is 1.38. The standard InChI is InChI=1S/C21H22N2O5/c1-12(13-9-17(26-2)20(28-4)18(10-13)27-3)22-21(25)15-11-19(24)23-16-8-6-5-7-14(15)16/h5-12H,1-4H3,(H,22,25)(H,23,24)/t12-/m1/s1. The van der Waals surface area contributed by atoms with Gasteiger partial charge in [-0.3, -0.25) is 9.59 Å². The molecule has 146 valence electrons. The van der Waals surface area contributed by atoms with E-state index in [9.17, 15) is 9.59 Å². The Labute approximate surface area is 162 Å². The van der Waals surface area contributed by atoms with Crippen molar-refractivity contribution in [2.45, 2.75) is 13.0 Å². The van der Waals surface area contributed by atoms with Gasteiger partial charge in [0, 0.05) is 17.0 Å². The van der Waals surface area contributed by atoms with Crippen LogP contribution in [0.1, 0.15) is 28.9 Å². The molecule has 0 spiro atoms. The van der Waals surface area contributed by atoms with Crippen LogP contribution < -0.4 is 25.1 Å². The quantitative estimate of drug-likeness (QED) is 0.684. The zero-order valence-electron chi connectivity index (χ0n) is 16.2. The maximum Gasteiger partial charge on any atom is 0.252 e. The van der Waals surface area contributed by atoms with Crippen LogP contribution >= 0.6 is 0 Å². The zero-order chi connectivity index (χ0) is 20.3. The van der Waals surface area contributed by atoms with Crippen molar-refractivity contribution in [1.82, 2.24) is 10.3 Å². The number of fused-ring (bicyclic) bond motifs is 1. The van der Waals surface area contributed by atoms with Crippen LogP contribution in [-0.4, -0.2) is 32.2 Å². The number of amides is 1. The van der Waals surface area contributed by atoms with E-state index in [1.54, 1.807) is 30.3 Å². The normalized spacial score (nSPS) is 11.7. The molecule has 3 aromatic rings. The Bertz CT molecular complexity index is 1050. The maximum atomic E-state index is 12.9. The highest BCUT2D eigenvalue weighted by Gasteiger charge is 2.19. The minimum Gasteiger partial charge on any atom is -0.493 e. The fraction of sp³-hybridized carbons (Fsp3) is 0.238. The van der Waals surface area contributed by atoms with Gasteiger partial charge in [-0.1, -0.05) is 18.2 Å². The molecule has 0 saturated carbocycles. The van der Waals surface area contributed by atoms with E-state index in [2.05, 4.69) is 10.3 Å². The van der Waals surface area contributed by atoms with E-state index >= 15 is 0 Å². The summed E-state index contributed by atoms with van der Waals surface area (Å²) in [6, 6.07) is 11.7. The molecule has 1 amide bonds. The number of hydrogen-bond acceptors (Lipinski definition) is 5. The third-order valence-corrected chi connectivity index (χ3v) is 4.53. The van der Waals surface area contributed by atoms with Crippen LogP contribution in [0.4, 0.5) is 0 Å². The van der Waals surface area contributed by atoms with E-state index in [-0.39, 0.29) is 17.5 Å². The Morgan fingerprint density at radius 1 is 1.00 bits per heavy atom. The van der Waals surface area contributed by atoms with Gasteiger partial charge in [-0.25, -0.2) is 0 Å².